The molecule has 0 bridgehead atoms. The van der Waals surface area contributed by atoms with E-state index in [-0.39, 0.29) is 44.5 Å². The summed E-state index contributed by atoms with van der Waals surface area (Å²) in [5, 5.41) is 5.68. The van der Waals surface area contributed by atoms with Crippen LogP contribution in [0.4, 0.5) is 8.78 Å². The first-order chi connectivity index (χ1) is 29.7. The summed E-state index contributed by atoms with van der Waals surface area (Å²) in [5.41, 5.74) is 0.119. The number of benzene rings is 1. The van der Waals surface area contributed by atoms with Crippen LogP contribution in [0.15, 0.2) is 60.8 Å². The molecule has 2 saturated carbocycles. The molecule has 5 aliphatic rings. The summed E-state index contributed by atoms with van der Waals surface area (Å²) in [7, 11) is -2.46. The molecule has 330 valence electrons. The van der Waals surface area contributed by atoms with Crippen LogP contribution in [0.25, 0.3) is 22.3 Å². The molecule has 3 N–H and O–H groups in total. The fourth-order valence-corrected chi connectivity index (χ4v) is 10.3. The summed E-state index contributed by atoms with van der Waals surface area (Å²) < 4.78 is 61.6. The number of rotatable bonds is 9. The Morgan fingerprint density at radius 1 is 1.00 bits per heavy atom. The van der Waals surface area contributed by atoms with Crippen molar-refractivity contribution in [2.75, 3.05) is 26.7 Å². The van der Waals surface area contributed by atoms with Crippen molar-refractivity contribution in [3.8, 4) is 17.1 Å². The molecule has 2 aromatic heterocycles. The highest BCUT2D eigenvalue weighted by molar-refractivity contribution is 7.91. The van der Waals surface area contributed by atoms with Crippen molar-refractivity contribution in [1.29, 1.82) is 0 Å². The molecule has 1 aromatic carbocycles. The lowest BCUT2D eigenvalue weighted by Crippen LogP contribution is -2.57. The maximum absolute atomic E-state index is 14.8. The minimum atomic E-state index is -3.96. The molecule has 3 aromatic rings. The van der Waals surface area contributed by atoms with E-state index in [1.807, 2.05) is 12.2 Å². The number of nitrogens with one attached hydrogen (secondary N) is 3. The number of allylic oxidation sites excluding steroid dienone is 1. The summed E-state index contributed by atoms with van der Waals surface area (Å²) in [5.74, 6) is -6.80. The second kappa shape index (κ2) is 17.3. The first kappa shape index (κ1) is 43.1. The van der Waals surface area contributed by atoms with Crippen LogP contribution in [0.2, 0.25) is 0 Å². The molecule has 0 spiro atoms. The van der Waals surface area contributed by atoms with Gasteiger partial charge in [-0.3, -0.25) is 33.7 Å². The lowest BCUT2D eigenvalue weighted by molar-refractivity contribution is -0.147. The second-order valence-corrected chi connectivity index (χ2v) is 19.2. The number of halogens is 2. The van der Waals surface area contributed by atoms with Gasteiger partial charge in [-0.25, -0.2) is 22.2 Å². The van der Waals surface area contributed by atoms with Gasteiger partial charge in [0, 0.05) is 68.4 Å². The van der Waals surface area contributed by atoms with Gasteiger partial charge in [-0.15, -0.1) is 0 Å². The Bertz CT molecular complexity index is 2390. The minimum absolute atomic E-state index is 0.0663. The van der Waals surface area contributed by atoms with E-state index in [1.54, 1.807) is 48.7 Å². The molecule has 8 rings (SSSR count). The number of likely N-dealkylation sites (tertiary alicyclic amines) is 1. The maximum atomic E-state index is 14.8. The minimum Gasteiger partial charge on any atom is -0.497 e. The zero-order valence-electron chi connectivity index (χ0n) is 34.5. The number of hydrogen-bond donors (Lipinski definition) is 3. The van der Waals surface area contributed by atoms with Crippen molar-refractivity contribution in [3.63, 3.8) is 0 Å². The van der Waals surface area contributed by atoms with Crippen LogP contribution in [0.1, 0.15) is 87.4 Å². The maximum Gasteiger partial charge on any atom is 0.259 e. The highest BCUT2D eigenvalue weighted by Gasteiger charge is 2.62. The van der Waals surface area contributed by atoms with Crippen molar-refractivity contribution >= 4 is 50.5 Å². The normalized spacial score (nSPS) is 27.1. The number of sulfonamides is 1. The first-order valence-corrected chi connectivity index (χ1v) is 22.9. The molecule has 2 aliphatic carbocycles. The molecular formula is C44H51F2N7O8S. The van der Waals surface area contributed by atoms with Crippen LogP contribution in [-0.4, -0.2) is 113 Å². The van der Waals surface area contributed by atoms with Crippen LogP contribution >= 0.6 is 0 Å². The number of alkyl halides is 2. The number of carbonyl (C=O) groups is 5. The Labute approximate surface area is 358 Å². The monoisotopic (exact) mass is 875 g/mol. The molecule has 15 nitrogen and oxygen atoms in total. The van der Waals surface area contributed by atoms with Crippen LogP contribution in [-0.2, 0) is 29.2 Å². The average Bonchev–Trinajstić information content (AvgIpc) is 4.19. The van der Waals surface area contributed by atoms with Crippen LogP contribution < -0.4 is 20.1 Å². The summed E-state index contributed by atoms with van der Waals surface area (Å²) in [6, 6.07) is 10.1. The van der Waals surface area contributed by atoms with E-state index in [4.69, 9.17) is 9.72 Å². The first-order valence-electron chi connectivity index (χ1n) is 21.4. The number of amides is 5. The SMILES string of the molecule is COc1ccc2nc(-c3ccccn3)cc(C(=O)N[C@@H]3C[C@H]4C(=O)NC5(C(=O)NS(=O)(=O)C6CC6)CC5/C=C\CCCCC[C@H](CC(=O)N5CCC(F)(F)CC5)C(=O)N4C3)c2c1. The molecule has 3 aliphatic heterocycles. The molecule has 18 heteroatoms. The quantitative estimate of drug-likeness (QED) is 0.261. The molecule has 5 atom stereocenters. The van der Waals surface area contributed by atoms with Crippen molar-refractivity contribution in [1.82, 2.24) is 35.1 Å². The van der Waals surface area contributed by atoms with Gasteiger partial charge in [-0.1, -0.05) is 31.1 Å². The van der Waals surface area contributed by atoms with E-state index in [9.17, 15) is 41.2 Å². The Hall–Kier alpha value is -5.52. The number of fused-ring (bicyclic) bond motifs is 3. The molecule has 2 unspecified atom stereocenters. The van der Waals surface area contributed by atoms with Gasteiger partial charge in [0.15, 0.2) is 0 Å². The number of aromatic nitrogens is 2. The van der Waals surface area contributed by atoms with Gasteiger partial charge in [0.05, 0.1) is 34.8 Å². The van der Waals surface area contributed by atoms with Crippen LogP contribution in [0, 0.1) is 11.8 Å². The van der Waals surface area contributed by atoms with Crippen molar-refractivity contribution in [2.24, 2.45) is 11.8 Å². The lowest BCUT2D eigenvalue weighted by atomic mass is 9.94. The number of ether oxygens (including phenoxy) is 1. The zero-order chi connectivity index (χ0) is 43.8. The molecule has 0 radical (unpaired) electrons. The fourth-order valence-electron chi connectivity index (χ4n) is 8.89. The van der Waals surface area contributed by atoms with Crippen molar-refractivity contribution in [3.05, 3.63) is 66.4 Å². The number of hydrogen-bond acceptors (Lipinski definition) is 10. The number of nitrogens with zero attached hydrogens (tertiary/aromatic N) is 4. The fraction of sp³-hybridized carbons (Fsp3) is 0.523. The zero-order valence-corrected chi connectivity index (χ0v) is 35.3. The predicted octanol–water partition coefficient (Wildman–Crippen LogP) is 4.27. The summed E-state index contributed by atoms with van der Waals surface area (Å²) in [6.07, 6.45) is 8.05. The third-order valence-electron chi connectivity index (χ3n) is 12.8. The van der Waals surface area contributed by atoms with Gasteiger partial charge < -0.3 is 25.2 Å². The Kier molecular flexibility index (Phi) is 12.1. The second-order valence-electron chi connectivity index (χ2n) is 17.2. The van der Waals surface area contributed by atoms with E-state index in [0.717, 1.165) is 6.42 Å². The van der Waals surface area contributed by atoms with Crippen LogP contribution in [0.3, 0.4) is 0 Å². The van der Waals surface area contributed by atoms with Gasteiger partial charge in [-0.05, 0) is 81.3 Å². The van der Waals surface area contributed by atoms with E-state index in [0.29, 0.717) is 66.6 Å². The van der Waals surface area contributed by atoms with E-state index < -0.39 is 93.0 Å². The number of pyridine rings is 2. The average molecular weight is 876 g/mol. The third kappa shape index (κ3) is 9.29. The smallest absolute Gasteiger partial charge is 0.259 e. The van der Waals surface area contributed by atoms with Gasteiger partial charge in [0.25, 0.3) is 17.7 Å². The molecule has 4 fully saturated rings. The summed E-state index contributed by atoms with van der Waals surface area (Å²) >= 11 is 0. The standard InChI is InChI=1S/C44H51F2N7O8S/c1-61-30-12-15-34-32(23-30)33(24-36(49-34)35-11-7-8-18-47-35)39(55)48-29-22-37-40(56)50-44(42(58)51-62(59,60)31-13-14-31)25-28(44)10-6-4-2-3-5-9-27(41(57)53(37)26-29)21-38(54)52-19-16-43(45,46)17-20-52/h6-8,10-12,15,18,23-24,27-29,31,37H,2-5,9,13-14,16-17,19-22,25-26H2,1H3,(H,48,55)(H,50,56)(H,51,58)/b10-6-/t27-,28?,29-,37+,44?/m1/s1. The number of piperidine rings is 1. The largest absolute Gasteiger partial charge is 0.497 e. The third-order valence-corrected chi connectivity index (χ3v) is 14.6. The predicted molar refractivity (Wildman–Crippen MR) is 223 cm³/mol. The van der Waals surface area contributed by atoms with E-state index >= 15 is 0 Å². The van der Waals surface area contributed by atoms with Gasteiger partial charge in [-0.2, -0.15) is 0 Å². The van der Waals surface area contributed by atoms with Gasteiger partial charge >= 0.3 is 0 Å². The van der Waals surface area contributed by atoms with Gasteiger partial charge in [0.1, 0.15) is 17.3 Å². The Balaban J connectivity index is 1.10. The molecule has 62 heavy (non-hydrogen) atoms. The van der Waals surface area contributed by atoms with Crippen molar-refractivity contribution < 1.29 is 45.9 Å². The highest BCUT2D eigenvalue weighted by Crippen LogP contribution is 2.46. The lowest BCUT2D eigenvalue weighted by Gasteiger charge is -2.33. The van der Waals surface area contributed by atoms with E-state index in [1.165, 1.54) is 16.9 Å². The summed E-state index contributed by atoms with van der Waals surface area (Å²) in [4.78, 5) is 83.1. The van der Waals surface area contributed by atoms with Gasteiger partial charge in [0.2, 0.25) is 27.7 Å². The molecule has 2 saturated heterocycles. The summed E-state index contributed by atoms with van der Waals surface area (Å²) in [6.45, 7) is -0.399. The highest BCUT2D eigenvalue weighted by atomic mass is 32.2. The number of carbonyl (C=O) groups excluding carboxylic acids is 5. The van der Waals surface area contributed by atoms with Crippen LogP contribution in [0.5, 0.6) is 5.75 Å². The van der Waals surface area contributed by atoms with E-state index in [2.05, 4.69) is 20.3 Å². The molecule has 5 heterocycles. The Morgan fingerprint density at radius 2 is 1.79 bits per heavy atom. The molecular weight excluding hydrogens is 825 g/mol. The van der Waals surface area contributed by atoms with Crippen molar-refractivity contribution in [2.45, 2.75) is 106 Å². The Morgan fingerprint density at radius 3 is 2.52 bits per heavy atom. The number of methoxy groups -OCH3 is 1. The molecule has 5 amide bonds. The topological polar surface area (TPSA) is 197 Å².